The Hall–Kier alpha value is -3.68. The first kappa shape index (κ1) is 22.0. The molecule has 162 valence electrons. The number of ether oxygens (including phenoxy) is 1. The molecule has 8 nitrogen and oxygen atoms in total. The van der Waals surface area contributed by atoms with Gasteiger partial charge in [-0.15, -0.1) is 0 Å². The molecule has 3 aromatic rings. The molecule has 0 fully saturated rings. The van der Waals surface area contributed by atoms with E-state index in [2.05, 4.69) is 19.2 Å². The van der Waals surface area contributed by atoms with Crippen LogP contribution in [0.5, 0.6) is 0 Å². The Balaban J connectivity index is 1.91. The summed E-state index contributed by atoms with van der Waals surface area (Å²) in [6, 6.07) is 9.16. The fourth-order valence-electron chi connectivity index (χ4n) is 3.51. The van der Waals surface area contributed by atoms with Gasteiger partial charge in [0.2, 0.25) is 0 Å². The SMILES string of the molecule is CCNc1ccc(C(=O)OCc2cc(=O)oc3cc(C)c(C(C)C)cc23)cc1[N+](=O)[O-]. The lowest BCUT2D eigenvalue weighted by atomic mass is 9.95. The van der Waals surface area contributed by atoms with Crippen LogP contribution in [0.2, 0.25) is 0 Å². The molecule has 0 aliphatic carbocycles. The van der Waals surface area contributed by atoms with Gasteiger partial charge in [-0.1, -0.05) is 13.8 Å². The van der Waals surface area contributed by atoms with Gasteiger partial charge in [0.25, 0.3) is 5.69 Å². The van der Waals surface area contributed by atoms with Crippen molar-refractivity contribution in [3.05, 3.63) is 79.2 Å². The predicted molar refractivity (Wildman–Crippen MR) is 118 cm³/mol. The molecule has 0 bridgehead atoms. The van der Waals surface area contributed by atoms with E-state index in [1.807, 2.05) is 19.9 Å². The summed E-state index contributed by atoms with van der Waals surface area (Å²) < 4.78 is 10.7. The predicted octanol–water partition coefficient (Wildman–Crippen LogP) is 4.92. The highest BCUT2D eigenvalue weighted by molar-refractivity contribution is 5.91. The molecule has 0 saturated heterocycles. The minimum absolute atomic E-state index is 0.0549. The van der Waals surface area contributed by atoms with Crippen molar-refractivity contribution in [2.75, 3.05) is 11.9 Å². The highest BCUT2D eigenvalue weighted by Gasteiger charge is 2.19. The molecule has 0 unspecified atom stereocenters. The molecule has 1 heterocycles. The molecule has 0 spiro atoms. The minimum Gasteiger partial charge on any atom is -0.457 e. The first-order valence-electron chi connectivity index (χ1n) is 9.98. The van der Waals surface area contributed by atoms with Crippen LogP contribution in [-0.4, -0.2) is 17.4 Å². The van der Waals surface area contributed by atoms with E-state index < -0.39 is 16.5 Å². The van der Waals surface area contributed by atoms with Gasteiger partial charge in [-0.25, -0.2) is 9.59 Å². The Morgan fingerprint density at radius 1 is 1.23 bits per heavy atom. The van der Waals surface area contributed by atoms with Crippen LogP contribution in [-0.2, 0) is 11.3 Å². The second-order valence-electron chi connectivity index (χ2n) is 7.55. The second-order valence-corrected chi connectivity index (χ2v) is 7.55. The van der Waals surface area contributed by atoms with Crippen molar-refractivity contribution in [3.8, 4) is 0 Å². The number of esters is 1. The number of rotatable bonds is 7. The second kappa shape index (κ2) is 8.99. The molecule has 1 aromatic heterocycles. The molecule has 0 amide bonds. The van der Waals surface area contributed by atoms with Crippen molar-refractivity contribution >= 4 is 28.3 Å². The van der Waals surface area contributed by atoms with Crippen LogP contribution in [0, 0.1) is 17.0 Å². The Morgan fingerprint density at radius 2 is 1.97 bits per heavy atom. The standard InChI is InChI=1S/C23H24N2O6/c1-5-24-19-7-6-15(9-20(19)25(28)29)23(27)30-12-16-10-22(26)31-21-8-14(4)17(13(2)3)11-18(16)21/h6-11,13,24H,5,12H2,1-4H3. The number of nitrogens with zero attached hydrogens (tertiary/aromatic N) is 1. The quantitative estimate of drug-likeness (QED) is 0.248. The number of nitro benzene ring substituents is 1. The van der Waals surface area contributed by atoms with E-state index in [0.717, 1.165) is 11.1 Å². The number of nitro groups is 1. The maximum absolute atomic E-state index is 12.5. The van der Waals surface area contributed by atoms with Gasteiger partial charge in [-0.3, -0.25) is 10.1 Å². The van der Waals surface area contributed by atoms with Gasteiger partial charge in [0.1, 0.15) is 17.9 Å². The average molecular weight is 424 g/mol. The number of benzene rings is 2. The Morgan fingerprint density at radius 3 is 2.61 bits per heavy atom. The highest BCUT2D eigenvalue weighted by Crippen LogP contribution is 2.28. The van der Waals surface area contributed by atoms with Crippen molar-refractivity contribution in [1.82, 2.24) is 0 Å². The summed E-state index contributed by atoms with van der Waals surface area (Å²) in [4.78, 5) is 35.3. The topological polar surface area (TPSA) is 112 Å². The first-order chi connectivity index (χ1) is 14.7. The summed E-state index contributed by atoms with van der Waals surface area (Å²) >= 11 is 0. The molecule has 0 aliphatic heterocycles. The summed E-state index contributed by atoms with van der Waals surface area (Å²) in [6.45, 7) is 8.24. The van der Waals surface area contributed by atoms with Crippen LogP contribution in [0.4, 0.5) is 11.4 Å². The third kappa shape index (κ3) is 4.74. The average Bonchev–Trinajstić information content (AvgIpc) is 2.71. The van der Waals surface area contributed by atoms with Gasteiger partial charge in [0.05, 0.1) is 10.5 Å². The van der Waals surface area contributed by atoms with E-state index in [1.54, 1.807) is 6.07 Å². The van der Waals surface area contributed by atoms with Crippen LogP contribution in [0.3, 0.4) is 0 Å². The summed E-state index contributed by atoms with van der Waals surface area (Å²) in [7, 11) is 0. The minimum atomic E-state index is -0.719. The van der Waals surface area contributed by atoms with Crippen molar-refractivity contribution in [2.45, 2.75) is 40.2 Å². The van der Waals surface area contributed by atoms with E-state index >= 15 is 0 Å². The molecule has 0 aliphatic rings. The van der Waals surface area contributed by atoms with Crippen molar-refractivity contribution < 1.29 is 18.9 Å². The molecule has 8 heteroatoms. The van der Waals surface area contributed by atoms with Gasteiger partial charge in [-0.05, 0) is 55.2 Å². The summed E-state index contributed by atoms with van der Waals surface area (Å²) in [5.74, 6) is -0.453. The van der Waals surface area contributed by atoms with Crippen LogP contribution in [0.25, 0.3) is 11.0 Å². The normalized spacial score (nSPS) is 11.0. The van der Waals surface area contributed by atoms with Gasteiger partial charge in [-0.2, -0.15) is 0 Å². The number of aryl methyl sites for hydroxylation is 1. The molecule has 0 saturated carbocycles. The molecule has 2 aromatic carbocycles. The molecule has 0 atom stereocenters. The smallest absolute Gasteiger partial charge is 0.338 e. The third-order valence-electron chi connectivity index (χ3n) is 4.99. The van der Waals surface area contributed by atoms with Crippen LogP contribution in [0.1, 0.15) is 53.7 Å². The molecule has 3 rings (SSSR count). The van der Waals surface area contributed by atoms with Gasteiger partial charge in [0.15, 0.2) is 0 Å². The monoisotopic (exact) mass is 424 g/mol. The number of hydrogen-bond donors (Lipinski definition) is 1. The lowest BCUT2D eigenvalue weighted by molar-refractivity contribution is -0.384. The van der Waals surface area contributed by atoms with Crippen molar-refractivity contribution in [2.24, 2.45) is 0 Å². The maximum Gasteiger partial charge on any atom is 0.338 e. The van der Waals surface area contributed by atoms with E-state index in [9.17, 15) is 19.7 Å². The summed E-state index contributed by atoms with van der Waals surface area (Å²) in [5, 5.41) is 14.9. The Labute approximate surface area is 179 Å². The number of carbonyl (C=O) groups is 1. The van der Waals surface area contributed by atoms with Gasteiger partial charge >= 0.3 is 11.6 Å². The lowest BCUT2D eigenvalue weighted by Crippen LogP contribution is -2.09. The zero-order valence-corrected chi connectivity index (χ0v) is 17.9. The number of anilines is 1. The van der Waals surface area contributed by atoms with E-state index in [0.29, 0.717) is 28.8 Å². The van der Waals surface area contributed by atoms with Crippen LogP contribution < -0.4 is 10.9 Å². The van der Waals surface area contributed by atoms with Crippen molar-refractivity contribution in [3.63, 3.8) is 0 Å². The number of fused-ring (bicyclic) bond motifs is 1. The fraction of sp³-hybridized carbons (Fsp3) is 0.304. The largest absolute Gasteiger partial charge is 0.457 e. The Bertz CT molecular complexity index is 1210. The van der Waals surface area contributed by atoms with E-state index in [1.165, 1.54) is 24.3 Å². The zero-order chi connectivity index (χ0) is 22.7. The van der Waals surface area contributed by atoms with Gasteiger partial charge < -0.3 is 14.5 Å². The van der Waals surface area contributed by atoms with Crippen molar-refractivity contribution in [1.29, 1.82) is 0 Å². The zero-order valence-electron chi connectivity index (χ0n) is 17.9. The Kier molecular flexibility index (Phi) is 6.39. The number of hydrogen-bond acceptors (Lipinski definition) is 7. The number of nitrogens with one attached hydrogen (secondary N) is 1. The molecule has 31 heavy (non-hydrogen) atoms. The van der Waals surface area contributed by atoms with Crippen LogP contribution in [0.15, 0.2) is 45.6 Å². The first-order valence-corrected chi connectivity index (χ1v) is 9.98. The lowest BCUT2D eigenvalue weighted by Gasteiger charge is -2.13. The number of carbonyl (C=O) groups excluding carboxylic acids is 1. The van der Waals surface area contributed by atoms with E-state index in [4.69, 9.17) is 9.15 Å². The summed E-state index contributed by atoms with van der Waals surface area (Å²) in [5.41, 5.74) is 2.68. The maximum atomic E-state index is 12.5. The van der Waals surface area contributed by atoms with Gasteiger partial charge in [0, 0.05) is 29.6 Å². The van der Waals surface area contributed by atoms with E-state index in [-0.39, 0.29) is 23.8 Å². The fourth-order valence-corrected chi connectivity index (χ4v) is 3.51. The molecular formula is C23H24N2O6. The third-order valence-corrected chi connectivity index (χ3v) is 4.99. The molecule has 0 radical (unpaired) electrons. The molecular weight excluding hydrogens is 400 g/mol. The van der Waals surface area contributed by atoms with Crippen LogP contribution >= 0.6 is 0 Å². The molecule has 1 N–H and O–H groups in total. The highest BCUT2D eigenvalue weighted by atomic mass is 16.6. The summed E-state index contributed by atoms with van der Waals surface area (Å²) in [6.07, 6.45) is 0.